The summed E-state index contributed by atoms with van der Waals surface area (Å²) < 4.78 is 16.6. The van der Waals surface area contributed by atoms with Gasteiger partial charge in [0.1, 0.15) is 12.8 Å². The van der Waals surface area contributed by atoms with E-state index in [4.69, 9.17) is 13.9 Å². The van der Waals surface area contributed by atoms with Gasteiger partial charge < -0.3 is 23.7 Å². The molecule has 0 radical (unpaired) electrons. The van der Waals surface area contributed by atoms with Gasteiger partial charge in [-0.25, -0.2) is 0 Å². The molecule has 1 atom stereocenters. The van der Waals surface area contributed by atoms with Crippen molar-refractivity contribution in [3.8, 4) is 0 Å². The first kappa shape index (κ1) is 20.6. The molecule has 2 aliphatic rings. The van der Waals surface area contributed by atoms with Gasteiger partial charge in [0.25, 0.3) is 5.91 Å². The van der Waals surface area contributed by atoms with E-state index in [0.29, 0.717) is 37.7 Å². The van der Waals surface area contributed by atoms with E-state index in [1.807, 2.05) is 17.0 Å². The highest BCUT2D eigenvalue weighted by Crippen LogP contribution is 2.20. The number of furan rings is 1. The van der Waals surface area contributed by atoms with Gasteiger partial charge in [-0.15, -0.1) is 0 Å². The maximum atomic E-state index is 13.0. The molecule has 2 aromatic heterocycles. The van der Waals surface area contributed by atoms with Crippen molar-refractivity contribution in [3.63, 3.8) is 0 Å². The fourth-order valence-corrected chi connectivity index (χ4v) is 3.92. The van der Waals surface area contributed by atoms with Crippen LogP contribution in [0, 0.1) is 5.92 Å². The second-order valence-corrected chi connectivity index (χ2v) is 7.85. The number of amides is 2. The molecule has 0 aliphatic carbocycles. The van der Waals surface area contributed by atoms with Crippen molar-refractivity contribution in [1.29, 1.82) is 0 Å². The van der Waals surface area contributed by atoms with Crippen molar-refractivity contribution in [3.05, 3.63) is 54.2 Å². The SMILES string of the molecule is O=C1CN(C(=O)c2ccoc2)C[C@H](OCc2cccnc2)CN1CC1CCOCC1. The average Bonchev–Trinajstić information content (AvgIpc) is 3.27. The second-order valence-electron chi connectivity index (χ2n) is 7.85. The van der Waals surface area contributed by atoms with Crippen molar-refractivity contribution < 1.29 is 23.5 Å². The summed E-state index contributed by atoms with van der Waals surface area (Å²) >= 11 is 0. The van der Waals surface area contributed by atoms with Crippen LogP contribution in [0.2, 0.25) is 0 Å². The summed E-state index contributed by atoms with van der Waals surface area (Å²) in [4.78, 5) is 33.4. The van der Waals surface area contributed by atoms with Crippen LogP contribution in [0.1, 0.15) is 28.8 Å². The molecule has 8 heteroatoms. The Labute approximate surface area is 175 Å². The molecule has 2 aromatic rings. The topological polar surface area (TPSA) is 85.1 Å². The quantitative estimate of drug-likeness (QED) is 0.720. The Bertz CT molecular complexity index is 821. The average molecular weight is 413 g/mol. The molecule has 0 saturated carbocycles. The number of hydrogen-bond acceptors (Lipinski definition) is 6. The zero-order valence-corrected chi connectivity index (χ0v) is 16.9. The minimum Gasteiger partial charge on any atom is -0.472 e. The molecule has 0 aromatic carbocycles. The molecular weight excluding hydrogens is 386 g/mol. The lowest BCUT2D eigenvalue weighted by Crippen LogP contribution is -2.42. The number of carbonyl (C=O) groups is 2. The van der Waals surface area contributed by atoms with E-state index in [2.05, 4.69) is 4.98 Å². The normalized spacial score (nSPS) is 20.9. The van der Waals surface area contributed by atoms with E-state index in [0.717, 1.165) is 31.6 Å². The molecular formula is C22H27N3O5. The lowest BCUT2D eigenvalue weighted by Gasteiger charge is -2.30. The van der Waals surface area contributed by atoms with Gasteiger partial charge in [0.2, 0.25) is 5.91 Å². The number of hydrogen-bond donors (Lipinski definition) is 0. The van der Waals surface area contributed by atoms with Crippen LogP contribution in [0.25, 0.3) is 0 Å². The van der Waals surface area contributed by atoms with Crippen LogP contribution in [-0.2, 0) is 20.9 Å². The van der Waals surface area contributed by atoms with Gasteiger partial charge in [-0.3, -0.25) is 14.6 Å². The number of aromatic nitrogens is 1. The molecule has 4 rings (SSSR count). The Morgan fingerprint density at radius 2 is 2.10 bits per heavy atom. The third-order valence-corrected chi connectivity index (χ3v) is 5.61. The van der Waals surface area contributed by atoms with Crippen molar-refractivity contribution >= 4 is 11.8 Å². The first-order valence-electron chi connectivity index (χ1n) is 10.4. The molecule has 30 heavy (non-hydrogen) atoms. The van der Waals surface area contributed by atoms with Crippen LogP contribution in [0.4, 0.5) is 0 Å². The number of carbonyl (C=O) groups excluding carboxylic acids is 2. The van der Waals surface area contributed by atoms with Crippen molar-refractivity contribution in [2.24, 2.45) is 5.92 Å². The fraction of sp³-hybridized carbons (Fsp3) is 0.500. The van der Waals surface area contributed by atoms with Crippen molar-refractivity contribution in [1.82, 2.24) is 14.8 Å². The lowest BCUT2D eigenvalue weighted by molar-refractivity contribution is -0.132. The second kappa shape index (κ2) is 9.86. The molecule has 2 fully saturated rings. The number of nitrogens with zero attached hydrogens (tertiary/aromatic N) is 3. The zero-order valence-electron chi connectivity index (χ0n) is 16.9. The van der Waals surface area contributed by atoms with Crippen LogP contribution in [-0.4, -0.2) is 72.1 Å². The van der Waals surface area contributed by atoms with Crippen LogP contribution in [0.3, 0.4) is 0 Å². The van der Waals surface area contributed by atoms with Crippen molar-refractivity contribution in [2.75, 3.05) is 39.4 Å². The minimum absolute atomic E-state index is 0.0417. The molecule has 0 unspecified atom stereocenters. The predicted molar refractivity (Wildman–Crippen MR) is 108 cm³/mol. The summed E-state index contributed by atoms with van der Waals surface area (Å²) in [5.74, 6) is 0.142. The third-order valence-electron chi connectivity index (χ3n) is 5.61. The largest absolute Gasteiger partial charge is 0.472 e. The van der Waals surface area contributed by atoms with E-state index < -0.39 is 0 Å². The van der Waals surface area contributed by atoms with E-state index >= 15 is 0 Å². The van der Waals surface area contributed by atoms with E-state index in [-0.39, 0.29) is 24.5 Å². The Balaban J connectivity index is 1.47. The summed E-state index contributed by atoms with van der Waals surface area (Å²) in [6.45, 7) is 3.37. The van der Waals surface area contributed by atoms with Crippen LogP contribution in [0.5, 0.6) is 0 Å². The van der Waals surface area contributed by atoms with Gasteiger partial charge in [-0.05, 0) is 36.5 Å². The highest BCUT2D eigenvalue weighted by Gasteiger charge is 2.33. The maximum Gasteiger partial charge on any atom is 0.257 e. The fourth-order valence-electron chi connectivity index (χ4n) is 3.92. The standard InChI is InChI=1S/C22H27N3O5/c26-21-14-25(22(27)19-5-9-29-16-19)13-20(30-15-18-2-1-6-23-10-18)12-24(21)11-17-3-7-28-8-4-17/h1-2,5-6,9-10,16-17,20H,3-4,7-8,11-15H2/t20-/m1/s1. The lowest BCUT2D eigenvalue weighted by atomic mass is 9.99. The highest BCUT2D eigenvalue weighted by atomic mass is 16.5. The molecule has 0 spiro atoms. The van der Waals surface area contributed by atoms with Gasteiger partial charge in [0.05, 0.1) is 24.5 Å². The van der Waals surface area contributed by atoms with E-state index in [1.165, 1.54) is 12.5 Å². The third kappa shape index (κ3) is 5.25. The minimum atomic E-state index is -0.285. The molecule has 0 N–H and O–H groups in total. The Hall–Kier alpha value is -2.71. The Morgan fingerprint density at radius 3 is 2.83 bits per heavy atom. The van der Waals surface area contributed by atoms with E-state index in [1.54, 1.807) is 23.4 Å². The van der Waals surface area contributed by atoms with Crippen LogP contribution >= 0.6 is 0 Å². The van der Waals surface area contributed by atoms with Crippen LogP contribution < -0.4 is 0 Å². The first-order chi connectivity index (χ1) is 14.7. The maximum absolute atomic E-state index is 13.0. The van der Waals surface area contributed by atoms with Gasteiger partial charge in [-0.1, -0.05) is 6.07 Å². The number of pyridine rings is 1. The molecule has 8 nitrogen and oxygen atoms in total. The van der Waals surface area contributed by atoms with Gasteiger partial charge >= 0.3 is 0 Å². The molecule has 2 saturated heterocycles. The summed E-state index contributed by atoms with van der Waals surface area (Å²) in [5.41, 5.74) is 1.39. The highest BCUT2D eigenvalue weighted by molar-refractivity contribution is 5.96. The molecule has 2 amide bonds. The molecule has 160 valence electrons. The summed E-state index contributed by atoms with van der Waals surface area (Å²) in [5, 5.41) is 0. The van der Waals surface area contributed by atoms with Gasteiger partial charge in [0, 0.05) is 45.2 Å². The zero-order chi connectivity index (χ0) is 20.8. The summed E-state index contributed by atoms with van der Waals surface area (Å²) in [6.07, 6.45) is 7.95. The predicted octanol–water partition coefficient (Wildman–Crippen LogP) is 1.97. The Kier molecular flexibility index (Phi) is 6.76. The smallest absolute Gasteiger partial charge is 0.257 e. The van der Waals surface area contributed by atoms with Gasteiger partial charge in [0.15, 0.2) is 0 Å². The molecule has 4 heterocycles. The summed E-state index contributed by atoms with van der Waals surface area (Å²) in [7, 11) is 0. The van der Waals surface area contributed by atoms with Crippen molar-refractivity contribution in [2.45, 2.75) is 25.6 Å². The summed E-state index contributed by atoms with van der Waals surface area (Å²) in [6, 6.07) is 5.42. The first-order valence-corrected chi connectivity index (χ1v) is 10.4. The molecule has 2 aliphatic heterocycles. The monoisotopic (exact) mass is 413 g/mol. The number of ether oxygens (including phenoxy) is 2. The van der Waals surface area contributed by atoms with E-state index in [9.17, 15) is 9.59 Å². The van der Waals surface area contributed by atoms with Gasteiger partial charge in [-0.2, -0.15) is 0 Å². The van der Waals surface area contributed by atoms with Crippen LogP contribution in [0.15, 0.2) is 47.5 Å². The number of rotatable bonds is 6. The molecule has 0 bridgehead atoms. The Morgan fingerprint density at radius 1 is 1.23 bits per heavy atom.